The first kappa shape index (κ1) is 19.5. The van der Waals surface area contributed by atoms with Crippen LogP contribution in [0.1, 0.15) is 30.2 Å². The zero-order chi connectivity index (χ0) is 20.1. The van der Waals surface area contributed by atoms with Crippen LogP contribution in [0.15, 0.2) is 42.6 Å². The fourth-order valence-electron chi connectivity index (χ4n) is 3.27. The number of rotatable bonds is 6. The molecule has 0 saturated heterocycles. The lowest BCUT2D eigenvalue weighted by Crippen LogP contribution is -2.39. The number of carbonyl (C=O) groups is 2. The molecule has 146 valence electrons. The van der Waals surface area contributed by atoms with E-state index in [1.54, 1.807) is 9.80 Å². The van der Waals surface area contributed by atoms with Crippen molar-refractivity contribution in [3.05, 3.63) is 69.5 Å². The molecule has 1 aliphatic heterocycles. The van der Waals surface area contributed by atoms with Crippen molar-refractivity contribution in [2.75, 3.05) is 13.1 Å². The number of nitro groups is 1. The van der Waals surface area contributed by atoms with Crippen molar-refractivity contribution in [3.63, 3.8) is 0 Å². The highest BCUT2D eigenvalue weighted by Crippen LogP contribution is 2.22. The molecule has 0 atom stereocenters. The van der Waals surface area contributed by atoms with Gasteiger partial charge in [-0.25, -0.2) is 0 Å². The number of aromatic nitrogens is 1. The minimum absolute atomic E-state index is 0.0707. The van der Waals surface area contributed by atoms with Gasteiger partial charge in [-0.05, 0) is 11.1 Å². The van der Waals surface area contributed by atoms with Crippen molar-refractivity contribution < 1.29 is 14.5 Å². The molecule has 1 aromatic carbocycles. The van der Waals surface area contributed by atoms with E-state index in [2.05, 4.69) is 4.98 Å². The van der Waals surface area contributed by atoms with Gasteiger partial charge in [0.15, 0.2) is 0 Å². The molecule has 1 aromatic heterocycles. The molecule has 0 aliphatic carbocycles. The second-order valence-corrected chi connectivity index (χ2v) is 6.80. The van der Waals surface area contributed by atoms with Gasteiger partial charge in [0, 0.05) is 57.7 Å². The Morgan fingerprint density at radius 1 is 1.29 bits per heavy atom. The summed E-state index contributed by atoms with van der Waals surface area (Å²) < 4.78 is 0. The van der Waals surface area contributed by atoms with Crippen LogP contribution >= 0.6 is 0 Å². The summed E-state index contributed by atoms with van der Waals surface area (Å²) in [6.07, 6.45) is 2.04. The van der Waals surface area contributed by atoms with Gasteiger partial charge in [0.05, 0.1) is 4.92 Å². The molecular weight excluding hydrogens is 360 g/mol. The quantitative estimate of drug-likeness (QED) is 0.564. The van der Waals surface area contributed by atoms with Crippen LogP contribution in [0.25, 0.3) is 0 Å². The van der Waals surface area contributed by atoms with E-state index in [-0.39, 0.29) is 23.9 Å². The van der Waals surface area contributed by atoms with E-state index in [4.69, 9.17) is 0 Å². The van der Waals surface area contributed by atoms with E-state index in [1.165, 1.54) is 19.2 Å². The van der Waals surface area contributed by atoms with E-state index in [1.807, 2.05) is 30.3 Å². The van der Waals surface area contributed by atoms with Gasteiger partial charge in [-0.15, -0.1) is 0 Å². The highest BCUT2D eigenvalue weighted by molar-refractivity contribution is 5.78. The first-order valence-electron chi connectivity index (χ1n) is 9.13. The maximum absolute atomic E-state index is 12.6. The maximum atomic E-state index is 12.6. The summed E-state index contributed by atoms with van der Waals surface area (Å²) in [5, 5.41) is 10.9. The first-order valence-corrected chi connectivity index (χ1v) is 9.13. The number of hydrogen-bond acceptors (Lipinski definition) is 5. The minimum Gasteiger partial charge on any atom is -0.338 e. The van der Waals surface area contributed by atoms with Gasteiger partial charge in [0.2, 0.25) is 11.8 Å². The standard InChI is InChI=1S/C20H22N4O4/c1-15(25)22(13-16-5-3-2-4-6-16)10-8-20(26)23-9-7-19-17(14-23)11-18(12-21-19)24(27)28/h2-6,11-12H,7-10,13-14H2,1H3. The van der Waals surface area contributed by atoms with Gasteiger partial charge >= 0.3 is 0 Å². The number of nitrogens with zero attached hydrogens (tertiary/aromatic N) is 4. The topological polar surface area (TPSA) is 96.7 Å². The molecule has 0 fully saturated rings. The largest absolute Gasteiger partial charge is 0.338 e. The number of carbonyl (C=O) groups excluding carboxylic acids is 2. The fourth-order valence-corrected chi connectivity index (χ4v) is 3.27. The lowest BCUT2D eigenvalue weighted by molar-refractivity contribution is -0.385. The molecule has 0 unspecified atom stereocenters. The molecule has 0 spiro atoms. The van der Waals surface area contributed by atoms with Crippen LogP contribution < -0.4 is 0 Å². The van der Waals surface area contributed by atoms with Gasteiger partial charge in [0.25, 0.3) is 5.69 Å². The van der Waals surface area contributed by atoms with Crippen molar-refractivity contribution >= 4 is 17.5 Å². The van der Waals surface area contributed by atoms with Crippen molar-refractivity contribution in [2.45, 2.75) is 32.9 Å². The van der Waals surface area contributed by atoms with Gasteiger partial charge in [-0.3, -0.25) is 24.7 Å². The van der Waals surface area contributed by atoms with Crippen molar-refractivity contribution in [1.82, 2.24) is 14.8 Å². The predicted molar refractivity (Wildman–Crippen MR) is 102 cm³/mol. The van der Waals surface area contributed by atoms with Crippen LogP contribution in [-0.2, 0) is 29.1 Å². The molecule has 0 bridgehead atoms. The number of benzene rings is 1. The summed E-state index contributed by atoms with van der Waals surface area (Å²) in [7, 11) is 0. The summed E-state index contributed by atoms with van der Waals surface area (Å²) >= 11 is 0. The molecule has 8 nitrogen and oxygen atoms in total. The predicted octanol–water partition coefficient (Wildman–Crippen LogP) is 2.31. The Bertz CT molecular complexity index is 885. The Hall–Kier alpha value is -3.29. The number of pyridine rings is 1. The third-order valence-corrected chi connectivity index (χ3v) is 4.85. The molecule has 0 radical (unpaired) electrons. The molecule has 8 heteroatoms. The molecule has 3 rings (SSSR count). The second-order valence-electron chi connectivity index (χ2n) is 6.80. The fraction of sp³-hybridized carbons (Fsp3) is 0.350. The molecule has 28 heavy (non-hydrogen) atoms. The molecule has 2 amide bonds. The lowest BCUT2D eigenvalue weighted by atomic mass is 10.0. The zero-order valence-corrected chi connectivity index (χ0v) is 15.7. The summed E-state index contributed by atoms with van der Waals surface area (Å²) in [4.78, 5) is 42.5. The zero-order valence-electron chi connectivity index (χ0n) is 15.7. The van der Waals surface area contributed by atoms with E-state index in [0.717, 1.165) is 11.3 Å². The molecule has 2 heterocycles. The summed E-state index contributed by atoms with van der Waals surface area (Å²) in [6, 6.07) is 11.1. The van der Waals surface area contributed by atoms with Gasteiger partial charge < -0.3 is 9.80 Å². The summed E-state index contributed by atoms with van der Waals surface area (Å²) in [5.41, 5.74) is 2.44. The van der Waals surface area contributed by atoms with Crippen molar-refractivity contribution in [3.8, 4) is 0 Å². The number of hydrogen-bond donors (Lipinski definition) is 0. The lowest BCUT2D eigenvalue weighted by Gasteiger charge is -2.29. The highest BCUT2D eigenvalue weighted by Gasteiger charge is 2.24. The second kappa shape index (κ2) is 8.60. The third kappa shape index (κ3) is 4.70. The van der Waals surface area contributed by atoms with Crippen LogP contribution in [0.4, 0.5) is 5.69 Å². The monoisotopic (exact) mass is 382 g/mol. The van der Waals surface area contributed by atoms with Crippen LogP contribution in [-0.4, -0.2) is 44.6 Å². The number of amides is 2. The average molecular weight is 382 g/mol. The summed E-state index contributed by atoms with van der Waals surface area (Å²) in [6.45, 7) is 3.12. The maximum Gasteiger partial charge on any atom is 0.287 e. The molecule has 0 saturated carbocycles. The SMILES string of the molecule is CC(=O)N(CCC(=O)N1CCc2ncc([N+](=O)[O-])cc2C1)Cc1ccccc1. The minimum atomic E-state index is -0.484. The molecular formula is C20H22N4O4. The third-order valence-electron chi connectivity index (χ3n) is 4.85. The smallest absolute Gasteiger partial charge is 0.287 e. The molecule has 0 N–H and O–H groups in total. The van der Waals surface area contributed by atoms with E-state index in [9.17, 15) is 19.7 Å². The van der Waals surface area contributed by atoms with Crippen LogP contribution in [0.5, 0.6) is 0 Å². The Kier molecular flexibility index (Phi) is 5.98. The van der Waals surface area contributed by atoms with Crippen LogP contribution in [0.3, 0.4) is 0 Å². The van der Waals surface area contributed by atoms with Crippen molar-refractivity contribution in [2.24, 2.45) is 0 Å². The van der Waals surface area contributed by atoms with Crippen molar-refractivity contribution in [1.29, 1.82) is 0 Å². The normalized spacial score (nSPS) is 13.0. The number of fused-ring (bicyclic) bond motifs is 1. The Morgan fingerprint density at radius 2 is 2.04 bits per heavy atom. The van der Waals surface area contributed by atoms with Gasteiger partial charge in [-0.1, -0.05) is 30.3 Å². The Morgan fingerprint density at radius 3 is 2.71 bits per heavy atom. The van der Waals surface area contributed by atoms with Gasteiger partial charge in [0.1, 0.15) is 6.20 Å². The van der Waals surface area contributed by atoms with E-state index >= 15 is 0 Å². The van der Waals surface area contributed by atoms with E-state index < -0.39 is 4.92 Å². The Balaban J connectivity index is 1.60. The average Bonchev–Trinajstić information content (AvgIpc) is 2.70. The van der Waals surface area contributed by atoms with Crippen LogP contribution in [0.2, 0.25) is 0 Å². The first-order chi connectivity index (χ1) is 13.4. The van der Waals surface area contributed by atoms with Crippen LogP contribution in [0, 0.1) is 10.1 Å². The van der Waals surface area contributed by atoms with E-state index in [0.29, 0.717) is 38.2 Å². The highest BCUT2D eigenvalue weighted by atomic mass is 16.6. The molecule has 2 aromatic rings. The molecule has 1 aliphatic rings. The summed E-state index contributed by atoms with van der Waals surface area (Å²) in [5.74, 6) is -0.156. The Labute approximate surface area is 162 Å². The van der Waals surface area contributed by atoms with Gasteiger partial charge in [-0.2, -0.15) is 0 Å².